The van der Waals surface area contributed by atoms with Crippen LogP contribution in [0.3, 0.4) is 0 Å². The molecule has 8 nitrogen and oxygen atoms in total. The summed E-state index contributed by atoms with van der Waals surface area (Å²) in [6, 6.07) is 3.33. The molecule has 1 saturated carbocycles. The van der Waals surface area contributed by atoms with Crippen molar-refractivity contribution in [1.82, 2.24) is 19.9 Å². The van der Waals surface area contributed by atoms with Gasteiger partial charge in [-0.15, -0.1) is 0 Å². The number of anilines is 1. The van der Waals surface area contributed by atoms with Gasteiger partial charge in [0.15, 0.2) is 5.82 Å². The Hall–Kier alpha value is -2.77. The van der Waals surface area contributed by atoms with Gasteiger partial charge >= 0.3 is 5.97 Å². The lowest BCUT2D eigenvalue weighted by Crippen LogP contribution is -2.31. The average Bonchev–Trinajstić information content (AvgIpc) is 2.56. The summed E-state index contributed by atoms with van der Waals surface area (Å²) >= 11 is 0. The van der Waals surface area contributed by atoms with E-state index in [1.165, 1.54) is 19.2 Å². The van der Waals surface area contributed by atoms with Gasteiger partial charge in [0, 0.05) is 31.4 Å². The van der Waals surface area contributed by atoms with Crippen molar-refractivity contribution in [2.45, 2.75) is 44.8 Å². The highest BCUT2D eigenvalue weighted by molar-refractivity contribution is 5.66. The number of aromatic hydroxyl groups is 1. The Balaban J connectivity index is 1.62. The van der Waals surface area contributed by atoms with Crippen LogP contribution in [0.15, 0.2) is 24.5 Å². The first-order valence-electron chi connectivity index (χ1n) is 7.89. The fourth-order valence-electron chi connectivity index (χ4n) is 2.77. The molecule has 2 N–H and O–H groups in total. The van der Waals surface area contributed by atoms with Gasteiger partial charge in [0.05, 0.1) is 0 Å². The number of esters is 1. The van der Waals surface area contributed by atoms with Crippen LogP contribution in [0.2, 0.25) is 0 Å². The van der Waals surface area contributed by atoms with Gasteiger partial charge in [-0.05, 0) is 31.7 Å². The Kier molecular flexibility index (Phi) is 4.83. The Morgan fingerprint density at radius 3 is 2.62 bits per heavy atom. The van der Waals surface area contributed by atoms with Crippen LogP contribution in [0.1, 0.15) is 32.6 Å². The normalized spacial score (nSPS) is 20.4. The first-order chi connectivity index (χ1) is 11.6. The highest BCUT2D eigenvalue weighted by Gasteiger charge is 2.23. The van der Waals surface area contributed by atoms with Gasteiger partial charge in [-0.2, -0.15) is 4.98 Å². The van der Waals surface area contributed by atoms with Gasteiger partial charge in [0.2, 0.25) is 11.8 Å². The van der Waals surface area contributed by atoms with E-state index in [2.05, 4.69) is 25.3 Å². The Morgan fingerprint density at radius 2 is 1.92 bits per heavy atom. The molecule has 0 amide bonds. The summed E-state index contributed by atoms with van der Waals surface area (Å²) in [7, 11) is 0. The number of nitrogens with zero attached hydrogens (tertiary/aromatic N) is 4. The largest absolute Gasteiger partial charge is 0.493 e. The monoisotopic (exact) mass is 329 g/mol. The standard InChI is InChI=1S/C16H19N5O3/c1-10(22)24-12-4-2-11(3-5-12)19-16-18-8-6-13(20-16)15-17-9-7-14(23)21-15/h6-9,11-12H,2-5H2,1H3,(H,17,21,23)(H,18,19,20)/t11-,12+. The second-order valence-electron chi connectivity index (χ2n) is 5.73. The summed E-state index contributed by atoms with van der Waals surface area (Å²) in [6.45, 7) is 1.44. The molecule has 2 heterocycles. The predicted molar refractivity (Wildman–Crippen MR) is 86.2 cm³/mol. The van der Waals surface area contributed by atoms with E-state index in [0.717, 1.165) is 25.7 Å². The molecule has 1 fully saturated rings. The molecule has 0 spiro atoms. The van der Waals surface area contributed by atoms with Crippen LogP contribution in [0, 0.1) is 0 Å². The lowest BCUT2D eigenvalue weighted by atomic mass is 9.93. The predicted octanol–water partition coefficient (Wildman–Crippen LogP) is 1.93. The third-order valence-corrected chi connectivity index (χ3v) is 3.87. The molecule has 0 unspecified atom stereocenters. The van der Waals surface area contributed by atoms with Gasteiger partial charge < -0.3 is 15.2 Å². The second-order valence-corrected chi connectivity index (χ2v) is 5.73. The zero-order valence-electron chi connectivity index (χ0n) is 13.3. The molecule has 0 atom stereocenters. The van der Waals surface area contributed by atoms with Gasteiger partial charge in [-0.25, -0.2) is 15.0 Å². The van der Waals surface area contributed by atoms with Gasteiger partial charge in [0.25, 0.3) is 0 Å². The van der Waals surface area contributed by atoms with E-state index in [9.17, 15) is 9.90 Å². The third-order valence-electron chi connectivity index (χ3n) is 3.87. The number of rotatable bonds is 4. The molecule has 3 rings (SSSR count). The minimum absolute atomic E-state index is 0.00787. The number of hydrogen-bond donors (Lipinski definition) is 2. The fourth-order valence-corrected chi connectivity index (χ4v) is 2.77. The summed E-state index contributed by atoms with van der Waals surface area (Å²) < 4.78 is 5.24. The summed E-state index contributed by atoms with van der Waals surface area (Å²) in [5.41, 5.74) is 0.539. The summed E-state index contributed by atoms with van der Waals surface area (Å²) in [5, 5.41) is 12.7. The quantitative estimate of drug-likeness (QED) is 0.819. The van der Waals surface area contributed by atoms with Crippen molar-refractivity contribution in [3.8, 4) is 17.4 Å². The summed E-state index contributed by atoms with van der Waals surface area (Å²) in [4.78, 5) is 27.7. The minimum Gasteiger partial charge on any atom is -0.493 e. The molecular formula is C16H19N5O3. The maximum Gasteiger partial charge on any atom is 0.302 e. The van der Waals surface area contributed by atoms with Gasteiger partial charge in [0.1, 0.15) is 11.8 Å². The van der Waals surface area contributed by atoms with Crippen molar-refractivity contribution in [1.29, 1.82) is 0 Å². The highest BCUT2D eigenvalue weighted by Crippen LogP contribution is 2.24. The molecule has 0 aliphatic heterocycles. The Bertz CT molecular complexity index is 716. The Morgan fingerprint density at radius 1 is 1.17 bits per heavy atom. The van der Waals surface area contributed by atoms with E-state index in [1.807, 2.05) is 0 Å². The first-order valence-corrected chi connectivity index (χ1v) is 7.89. The zero-order valence-corrected chi connectivity index (χ0v) is 13.3. The van der Waals surface area contributed by atoms with Crippen molar-refractivity contribution >= 4 is 11.9 Å². The average molecular weight is 329 g/mol. The van der Waals surface area contributed by atoms with Crippen molar-refractivity contribution in [2.24, 2.45) is 0 Å². The smallest absolute Gasteiger partial charge is 0.302 e. The first kappa shape index (κ1) is 16.1. The SMILES string of the molecule is CC(=O)O[C@H]1CC[C@@H](Nc2nccc(-c3nccc(O)n3)n2)CC1. The number of ether oxygens (including phenoxy) is 1. The summed E-state index contributed by atoms with van der Waals surface area (Å²) in [6.07, 6.45) is 6.53. The highest BCUT2D eigenvalue weighted by atomic mass is 16.5. The third kappa shape index (κ3) is 4.15. The number of hydrogen-bond acceptors (Lipinski definition) is 8. The van der Waals surface area contributed by atoms with Crippen molar-refractivity contribution in [3.63, 3.8) is 0 Å². The molecule has 0 saturated heterocycles. The van der Waals surface area contributed by atoms with Crippen LogP contribution < -0.4 is 5.32 Å². The van der Waals surface area contributed by atoms with Gasteiger partial charge in [-0.3, -0.25) is 4.79 Å². The van der Waals surface area contributed by atoms with E-state index in [-0.39, 0.29) is 24.0 Å². The molecule has 1 aliphatic rings. The van der Waals surface area contributed by atoms with E-state index >= 15 is 0 Å². The molecule has 0 bridgehead atoms. The van der Waals surface area contributed by atoms with Crippen LogP contribution in [-0.2, 0) is 9.53 Å². The van der Waals surface area contributed by atoms with Crippen LogP contribution >= 0.6 is 0 Å². The number of aromatic nitrogens is 4. The van der Waals surface area contributed by atoms with E-state index < -0.39 is 0 Å². The molecule has 1 aliphatic carbocycles. The van der Waals surface area contributed by atoms with Crippen LogP contribution in [-0.4, -0.2) is 43.2 Å². The molecule has 0 radical (unpaired) electrons. The van der Waals surface area contributed by atoms with Crippen molar-refractivity contribution < 1.29 is 14.6 Å². The molecule has 126 valence electrons. The number of carbonyl (C=O) groups excluding carboxylic acids is 1. The maximum atomic E-state index is 11.0. The van der Waals surface area contributed by atoms with Crippen LogP contribution in [0.25, 0.3) is 11.5 Å². The number of nitrogens with one attached hydrogen (secondary N) is 1. The number of carbonyl (C=O) groups is 1. The van der Waals surface area contributed by atoms with E-state index in [0.29, 0.717) is 17.5 Å². The van der Waals surface area contributed by atoms with Crippen LogP contribution in [0.4, 0.5) is 5.95 Å². The lowest BCUT2D eigenvalue weighted by molar-refractivity contribution is -0.147. The van der Waals surface area contributed by atoms with E-state index in [1.54, 1.807) is 12.3 Å². The Labute approximate surface area is 139 Å². The molecular weight excluding hydrogens is 310 g/mol. The molecule has 24 heavy (non-hydrogen) atoms. The molecule has 2 aromatic rings. The molecule has 0 aromatic carbocycles. The molecule has 8 heteroatoms. The fraction of sp³-hybridized carbons (Fsp3) is 0.438. The van der Waals surface area contributed by atoms with Crippen molar-refractivity contribution in [2.75, 3.05) is 5.32 Å². The second kappa shape index (κ2) is 7.20. The van der Waals surface area contributed by atoms with Crippen LogP contribution in [0.5, 0.6) is 5.88 Å². The zero-order chi connectivity index (χ0) is 16.9. The van der Waals surface area contributed by atoms with E-state index in [4.69, 9.17) is 4.74 Å². The lowest BCUT2D eigenvalue weighted by Gasteiger charge is -2.28. The topological polar surface area (TPSA) is 110 Å². The van der Waals surface area contributed by atoms with Gasteiger partial charge in [-0.1, -0.05) is 0 Å². The van der Waals surface area contributed by atoms with Crippen molar-refractivity contribution in [3.05, 3.63) is 24.5 Å². The minimum atomic E-state index is -0.228. The molecule has 2 aromatic heterocycles. The maximum absolute atomic E-state index is 11.0. The summed E-state index contributed by atoms with van der Waals surface area (Å²) in [5.74, 6) is 0.514.